The number of hydrogen-bond acceptors (Lipinski definition) is 9. The molecule has 3 atom stereocenters. The van der Waals surface area contributed by atoms with Crippen molar-refractivity contribution in [1.29, 1.82) is 0 Å². The van der Waals surface area contributed by atoms with Gasteiger partial charge in [-0.2, -0.15) is 9.61 Å². The molecule has 4 N–H and O–H groups in total. The van der Waals surface area contributed by atoms with E-state index in [2.05, 4.69) is 30.6 Å². The van der Waals surface area contributed by atoms with Crippen molar-refractivity contribution in [2.75, 3.05) is 37.5 Å². The summed E-state index contributed by atoms with van der Waals surface area (Å²) in [5.74, 6) is -1.03. The van der Waals surface area contributed by atoms with Crippen molar-refractivity contribution in [3.63, 3.8) is 0 Å². The van der Waals surface area contributed by atoms with E-state index < -0.39 is 23.3 Å². The van der Waals surface area contributed by atoms with E-state index in [-0.39, 0.29) is 29.3 Å². The number of fused-ring (bicyclic) bond motifs is 1. The Morgan fingerprint density at radius 2 is 1.84 bits per heavy atom. The van der Waals surface area contributed by atoms with Crippen molar-refractivity contribution in [1.82, 2.24) is 24.9 Å². The lowest BCUT2D eigenvalue weighted by molar-refractivity contribution is -0.00914. The largest absolute Gasteiger partial charge is 0.453 e. The molecule has 1 aliphatic carbocycles. The highest BCUT2D eigenvalue weighted by Gasteiger charge is 2.37. The van der Waals surface area contributed by atoms with Crippen molar-refractivity contribution < 1.29 is 23.0 Å². The summed E-state index contributed by atoms with van der Waals surface area (Å²) in [6.07, 6.45) is 7.80. The smallest absolute Gasteiger partial charge is 0.407 e. The van der Waals surface area contributed by atoms with E-state index in [1.807, 2.05) is 13.0 Å². The summed E-state index contributed by atoms with van der Waals surface area (Å²) in [4.78, 5) is 22.7. The molecule has 1 saturated heterocycles. The number of ether oxygens (including phenoxy) is 2. The number of nitrogens with one attached hydrogen (secondary N) is 2. The SMILES string of the molecule is COC(=O)N[C@@H]1[C@H](N)CN(c2ccncc2Nc2ncc3ccc(-c4c(F)cc(C5(OC)CCCC5)cc4F)nn23)C[C@@H]1C. The number of aromatic nitrogens is 4. The van der Waals surface area contributed by atoms with E-state index in [9.17, 15) is 4.79 Å². The predicted octanol–water partition coefficient (Wildman–Crippen LogP) is 4.74. The fraction of sp³-hybridized carbons (Fsp3) is 0.419. The molecular formula is C31H36F2N8O3. The van der Waals surface area contributed by atoms with Gasteiger partial charge < -0.3 is 30.7 Å². The van der Waals surface area contributed by atoms with Crippen molar-refractivity contribution in [3.8, 4) is 11.3 Å². The molecule has 1 aromatic carbocycles. The molecule has 4 aromatic rings. The Morgan fingerprint density at radius 3 is 2.52 bits per heavy atom. The van der Waals surface area contributed by atoms with Crippen LogP contribution in [0.5, 0.6) is 0 Å². The average Bonchev–Trinajstić information content (AvgIpc) is 3.67. The molecule has 13 heteroatoms. The minimum absolute atomic E-state index is 0.0268. The van der Waals surface area contributed by atoms with Gasteiger partial charge in [-0.1, -0.05) is 19.8 Å². The van der Waals surface area contributed by atoms with Crippen LogP contribution in [-0.2, 0) is 15.1 Å². The van der Waals surface area contributed by atoms with Gasteiger partial charge in [0, 0.05) is 32.4 Å². The number of nitrogens with two attached hydrogens (primary N) is 1. The number of imidazole rings is 1. The summed E-state index contributed by atoms with van der Waals surface area (Å²) in [7, 11) is 2.91. The second kappa shape index (κ2) is 12.0. The van der Waals surface area contributed by atoms with Crippen molar-refractivity contribution in [2.24, 2.45) is 11.7 Å². The number of piperidine rings is 1. The zero-order chi connectivity index (χ0) is 31.0. The number of methoxy groups -OCH3 is 2. The molecule has 1 aliphatic heterocycles. The Morgan fingerprint density at radius 1 is 1.09 bits per heavy atom. The lowest BCUT2D eigenvalue weighted by Crippen LogP contribution is -2.62. The summed E-state index contributed by atoms with van der Waals surface area (Å²) >= 11 is 0. The van der Waals surface area contributed by atoms with Crippen LogP contribution in [0.15, 0.2) is 48.9 Å². The van der Waals surface area contributed by atoms with E-state index >= 15 is 8.78 Å². The number of benzene rings is 1. The normalized spacial score (nSPS) is 21.4. The highest BCUT2D eigenvalue weighted by Crippen LogP contribution is 2.43. The van der Waals surface area contributed by atoms with E-state index in [0.29, 0.717) is 35.8 Å². The summed E-state index contributed by atoms with van der Waals surface area (Å²) in [5, 5.41) is 10.7. The summed E-state index contributed by atoms with van der Waals surface area (Å²) in [6.45, 7) is 3.11. The maximum absolute atomic E-state index is 15.5. The van der Waals surface area contributed by atoms with Gasteiger partial charge in [0.15, 0.2) is 0 Å². The maximum atomic E-state index is 15.5. The predicted molar refractivity (Wildman–Crippen MR) is 162 cm³/mol. The van der Waals surface area contributed by atoms with Gasteiger partial charge in [-0.25, -0.2) is 18.6 Å². The molecule has 6 rings (SSSR count). The third kappa shape index (κ3) is 5.41. The van der Waals surface area contributed by atoms with Crippen molar-refractivity contribution in [2.45, 2.75) is 50.3 Å². The van der Waals surface area contributed by atoms with Gasteiger partial charge in [-0.3, -0.25) is 4.98 Å². The molecule has 44 heavy (non-hydrogen) atoms. The number of nitrogens with zero attached hydrogens (tertiary/aromatic N) is 5. The van der Waals surface area contributed by atoms with Crippen LogP contribution in [0.3, 0.4) is 0 Å². The highest BCUT2D eigenvalue weighted by atomic mass is 19.1. The minimum atomic E-state index is -0.699. The van der Waals surface area contributed by atoms with Gasteiger partial charge in [0.1, 0.15) is 11.6 Å². The standard InChI is InChI=1S/C31H36F2N8O3/c1-18-16-40(17-23(34)28(18)38-30(42)43-2)26-8-11-35-15-25(26)37-29-36-14-20-6-7-24(39-41(20)29)27-21(32)12-19(13-22(27)33)31(44-3)9-4-5-10-31/h6-8,11-15,18,23,28H,4-5,9-10,16-17,34H2,1-3H3,(H,36,37)(H,38,42)/t18-,23+,28-/m0/s1. The van der Waals surface area contributed by atoms with Gasteiger partial charge in [-0.15, -0.1) is 0 Å². The maximum Gasteiger partial charge on any atom is 0.407 e. The number of pyridine rings is 1. The quantitative estimate of drug-likeness (QED) is 0.273. The van der Waals surface area contributed by atoms with Crippen LogP contribution < -0.4 is 21.3 Å². The molecule has 0 unspecified atom stereocenters. The van der Waals surface area contributed by atoms with E-state index in [0.717, 1.165) is 31.4 Å². The van der Waals surface area contributed by atoms with Crippen LogP contribution in [-0.4, -0.2) is 65.1 Å². The molecule has 11 nitrogen and oxygen atoms in total. The van der Waals surface area contributed by atoms with E-state index in [4.69, 9.17) is 15.2 Å². The Hall–Kier alpha value is -4.36. The molecule has 1 amide bonds. The number of rotatable bonds is 7. The van der Waals surface area contributed by atoms with Crippen LogP contribution in [0.1, 0.15) is 38.2 Å². The van der Waals surface area contributed by atoms with Crippen LogP contribution in [0.4, 0.5) is 30.9 Å². The second-order valence-electron chi connectivity index (χ2n) is 11.6. The zero-order valence-electron chi connectivity index (χ0n) is 24.9. The Bertz CT molecular complexity index is 1640. The fourth-order valence-corrected chi connectivity index (χ4v) is 6.59. The molecule has 232 valence electrons. The molecule has 0 bridgehead atoms. The molecule has 2 fully saturated rings. The molecular weight excluding hydrogens is 570 g/mol. The number of halogens is 2. The summed E-state index contributed by atoms with van der Waals surface area (Å²) < 4.78 is 43.1. The second-order valence-corrected chi connectivity index (χ2v) is 11.6. The topological polar surface area (TPSA) is 132 Å². The molecule has 3 aromatic heterocycles. The van der Waals surface area contributed by atoms with Crippen molar-refractivity contribution >= 4 is 28.9 Å². The van der Waals surface area contributed by atoms with E-state index in [1.165, 1.54) is 23.8 Å². The first-order chi connectivity index (χ1) is 21.2. The first kappa shape index (κ1) is 29.7. The Labute approximate surface area is 253 Å². The number of anilines is 3. The minimum Gasteiger partial charge on any atom is -0.453 e. The van der Waals surface area contributed by atoms with Crippen LogP contribution in [0, 0.1) is 17.6 Å². The molecule has 2 aliphatic rings. The fourth-order valence-electron chi connectivity index (χ4n) is 6.59. The number of alkyl carbamates (subject to hydrolysis) is 1. The van der Waals surface area contributed by atoms with Gasteiger partial charge in [-0.05, 0) is 54.7 Å². The Kier molecular flexibility index (Phi) is 8.08. The molecule has 4 heterocycles. The molecule has 0 spiro atoms. The Balaban J connectivity index is 1.28. The first-order valence-electron chi connectivity index (χ1n) is 14.7. The number of hydrogen-bond donors (Lipinski definition) is 3. The average molecular weight is 607 g/mol. The van der Waals surface area contributed by atoms with Gasteiger partial charge in [0.2, 0.25) is 5.95 Å². The van der Waals surface area contributed by atoms with E-state index in [1.54, 1.807) is 37.8 Å². The first-order valence-corrected chi connectivity index (χ1v) is 14.7. The van der Waals surface area contributed by atoms with Gasteiger partial charge in [0.05, 0.1) is 59.3 Å². The summed E-state index contributed by atoms with van der Waals surface area (Å²) in [6, 6.07) is 7.29. The van der Waals surface area contributed by atoms with Crippen LogP contribution in [0.2, 0.25) is 0 Å². The van der Waals surface area contributed by atoms with Crippen molar-refractivity contribution in [3.05, 3.63) is 66.1 Å². The number of carbonyl (C=O) groups is 1. The summed E-state index contributed by atoms with van der Waals surface area (Å²) in [5.41, 5.74) is 8.33. The van der Waals surface area contributed by atoms with Gasteiger partial charge in [0.25, 0.3) is 0 Å². The zero-order valence-corrected chi connectivity index (χ0v) is 24.9. The van der Waals surface area contributed by atoms with Gasteiger partial charge >= 0.3 is 6.09 Å². The highest BCUT2D eigenvalue weighted by molar-refractivity contribution is 5.74. The lowest BCUT2D eigenvalue weighted by Gasteiger charge is -2.42. The third-order valence-corrected chi connectivity index (χ3v) is 8.88. The van der Waals surface area contributed by atoms with Crippen LogP contribution in [0.25, 0.3) is 16.8 Å². The number of carbonyl (C=O) groups excluding carboxylic acids is 1. The molecule has 0 radical (unpaired) electrons. The van der Waals surface area contributed by atoms with Crippen LogP contribution >= 0.6 is 0 Å². The third-order valence-electron chi connectivity index (χ3n) is 8.88. The number of amides is 1. The monoisotopic (exact) mass is 606 g/mol. The lowest BCUT2D eigenvalue weighted by atomic mass is 9.90. The molecule has 1 saturated carbocycles.